The first-order valence-electron chi connectivity index (χ1n) is 6.45. The second-order valence-corrected chi connectivity index (χ2v) is 5.10. The topological polar surface area (TPSA) is 98.3 Å². The van der Waals surface area contributed by atoms with E-state index >= 15 is 0 Å². The molecule has 7 heteroatoms. The van der Waals surface area contributed by atoms with Crippen LogP contribution in [0.5, 0.6) is 0 Å². The molecule has 110 valence electrons. The largest absolute Gasteiger partial charge is 0.478 e. The van der Waals surface area contributed by atoms with Gasteiger partial charge in [-0.05, 0) is 18.4 Å². The van der Waals surface area contributed by atoms with Crippen molar-refractivity contribution in [2.24, 2.45) is 5.92 Å². The molecule has 0 aliphatic heterocycles. The van der Waals surface area contributed by atoms with Crippen LogP contribution in [0.3, 0.4) is 0 Å². The molecule has 0 radical (unpaired) electrons. The first kappa shape index (κ1) is 14.7. The Morgan fingerprint density at radius 3 is 2.76 bits per heavy atom. The van der Waals surface area contributed by atoms with E-state index in [0.29, 0.717) is 17.8 Å². The lowest BCUT2D eigenvalue weighted by atomic mass is 10.0. The van der Waals surface area contributed by atoms with Crippen LogP contribution < -0.4 is 0 Å². The molecule has 0 saturated carbocycles. The quantitative estimate of drug-likeness (QED) is 0.674. The van der Waals surface area contributed by atoms with Crippen molar-refractivity contribution < 1.29 is 14.8 Å². The van der Waals surface area contributed by atoms with Gasteiger partial charge in [0.25, 0.3) is 5.69 Å². The summed E-state index contributed by atoms with van der Waals surface area (Å²) in [5.41, 5.74) is 1.08. The van der Waals surface area contributed by atoms with Gasteiger partial charge >= 0.3 is 5.97 Å². The predicted octanol–water partition coefficient (Wildman–Crippen LogP) is 2.68. The fourth-order valence-electron chi connectivity index (χ4n) is 2.10. The molecule has 1 heterocycles. The Bertz CT molecular complexity index is 691. The summed E-state index contributed by atoms with van der Waals surface area (Å²) in [6, 6.07) is 5.97. The minimum Gasteiger partial charge on any atom is -0.478 e. The zero-order valence-electron chi connectivity index (χ0n) is 11.7. The van der Waals surface area contributed by atoms with Gasteiger partial charge in [0, 0.05) is 12.1 Å². The number of carbonyl (C=O) groups is 1. The third kappa shape index (κ3) is 3.07. The third-order valence-electron chi connectivity index (χ3n) is 2.99. The lowest BCUT2D eigenvalue weighted by Crippen LogP contribution is -2.09. The third-order valence-corrected chi connectivity index (χ3v) is 2.99. The number of benzene rings is 1. The maximum atomic E-state index is 11.3. The number of rotatable bonds is 5. The summed E-state index contributed by atoms with van der Waals surface area (Å²) in [4.78, 5) is 21.6. The fraction of sp³-hybridized carbons (Fsp3) is 0.286. The number of nitrogens with zero attached hydrogens (tertiary/aromatic N) is 3. The van der Waals surface area contributed by atoms with Crippen LogP contribution in [0.2, 0.25) is 0 Å². The summed E-state index contributed by atoms with van der Waals surface area (Å²) in [5, 5.41) is 24.1. The van der Waals surface area contributed by atoms with Gasteiger partial charge in [0.15, 0.2) is 0 Å². The first-order chi connectivity index (χ1) is 9.90. The molecule has 0 spiro atoms. The maximum Gasteiger partial charge on any atom is 0.339 e. The van der Waals surface area contributed by atoms with E-state index in [0.717, 1.165) is 0 Å². The number of aromatic nitrogens is 2. The predicted molar refractivity (Wildman–Crippen MR) is 75.7 cm³/mol. The Morgan fingerprint density at radius 2 is 2.19 bits per heavy atom. The highest BCUT2D eigenvalue weighted by Gasteiger charge is 2.19. The van der Waals surface area contributed by atoms with Crippen LogP contribution in [0.1, 0.15) is 29.9 Å². The molecule has 7 nitrogen and oxygen atoms in total. The molecule has 0 atom stereocenters. The molecular formula is C14H15N3O4. The number of non-ortho nitro benzene ring substituents is 1. The van der Waals surface area contributed by atoms with Crippen molar-refractivity contribution in [3.8, 4) is 5.69 Å². The van der Waals surface area contributed by atoms with Crippen molar-refractivity contribution in [3.05, 3.63) is 51.8 Å². The molecule has 2 rings (SSSR count). The summed E-state index contributed by atoms with van der Waals surface area (Å²) >= 11 is 0. The number of hydrogen-bond acceptors (Lipinski definition) is 4. The molecule has 0 bridgehead atoms. The summed E-state index contributed by atoms with van der Waals surface area (Å²) in [5.74, 6) is -0.820. The number of aromatic carboxylic acids is 1. The highest BCUT2D eigenvalue weighted by molar-refractivity contribution is 5.88. The lowest BCUT2D eigenvalue weighted by molar-refractivity contribution is -0.384. The van der Waals surface area contributed by atoms with E-state index < -0.39 is 10.9 Å². The summed E-state index contributed by atoms with van der Waals surface area (Å²) < 4.78 is 1.45. The van der Waals surface area contributed by atoms with E-state index in [1.807, 2.05) is 13.8 Å². The van der Waals surface area contributed by atoms with E-state index in [9.17, 15) is 20.0 Å². The van der Waals surface area contributed by atoms with Crippen LogP contribution in [0, 0.1) is 16.0 Å². The highest BCUT2D eigenvalue weighted by atomic mass is 16.6. The van der Waals surface area contributed by atoms with Crippen LogP contribution >= 0.6 is 0 Å². The van der Waals surface area contributed by atoms with Crippen molar-refractivity contribution >= 4 is 11.7 Å². The smallest absolute Gasteiger partial charge is 0.339 e. The SMILES string of the molecule is CC(C)Cc1c(C(=O)O)cnn1-c1cccc([N+](=O)[O-])c1. The molecule has 1 N–H and O–H groups in total. The molecule has 0 fully saturated rings. The van der Waals surface area contributed by atoms with E-state index in [1.165, 1.54) is 23.0 Å². The number of nitro groups is 1. The van der Waals surface area contributed by atoms with Gasteiger partial charge in [-0.1, -0.05) is 19.9 Å². The second kappa shape index (κ2) is 5.74. The van der Waals surface area contributed by atoms with Crippen molar-refractivity contribution in [2.45, 2.75) is 20.3 Å². The molecule has 21 heavy (non-hydrogen) atoms. The molecule has 0 unspecified atom stereocenters. The van der Waals surface area contributed by atoms with Gasteiger partial charge in [-0.2, -0.15) is 5.10 Å². The average molecular weight is 289 g/mol. The van der Waals surface area contributed by atoms with Crippen LogP contribution in [0.15, 0.2) is 30.5 Å². The number of nitro benzene ring substituents is 1. The van der Waals surface area contributed by atoms with E-state index in [-0.39, 0.29) is 17.2 Å². The van der Waals surface area contributed by atoms with Crippen molar-refractivity contribution in [3.63, 3.8) is 0 Å². The standard InChI is InChI=1S/C14H15N3O4/c1-9(2)6-13-12(14(18)19)8-15-16(13)10-4-3-5-11(7-10)17(20)21/h3-5,7-9H,6H2,1-2H3,(H,18,19). The van der Waals surface area contributed by atoms with Crippen molar-refractivity contribution in [2.75, 3.05) is 0 Å². The average Bonchev–Trinajstić information content (AvgIpc) is 2.81. The Balaban J connectivity index is 2.55. The molecular weight excluding hydrogens is 274 g/mol. The fourth-order valence-corrected chi connectivity index (χ4v) is 2.10. The van der Waals surface area contributed by atoms with E-state index in [2.05, 4.69) is 5.10 Å². The van der Waals surface area contributed by atoms with Crippen LogP contribution in [0.25, 0.3) is 5.69 Å². The van der Waals surface area contributed by atoms with Gasteiger partial charge < -0.3 is 5.11 Å². The highest BCUT2D eigenvalue weighted by Crippen LogP contribution is 2.21. The Hall–Kier alpha value is -2.70. The maximum absolute atomic E-state index is 11.3. The van der Waals surface area contributed by atoms with Gasteiger partial charge in [-0.25, -0.2) is 9.48 Å². The minimum absolute atomic E-state index is 0.0598. The van der Waals surface area contributed by atoms with Gasteiger partial charge in [-0.3, -0.25) is 10.1 Å². The lowest BCUT2D eigenvalue weighted by Gasteiger charge is -2.10. The minimum atomic E-state index is -1.05. The number of hydrogen-bond donors (Lipinski definition) is 1. The Morgan fingerprint density at radius 1 is 1.48 bits per heavy atom. The van der Waals surface area contributed by atoms with Gasteiger partial charge in [-0.15, -0.1) is 0 Å². The molecule has 0 saturated heterocycles. The summed E-state index contributed by atoms with van der Waals surface area (Å²) in [6.45, 7) is 3.94. The zero-order valence-corrected chi connectivity index (χ0v) is 11.7. The van der Waals surface area contributed by atoms with E-state index in [1.54, 1.807) is 12.1 Å². The van der Waals surface area contributed by atoms with Crippen LogP contribution in [0.4, 0.5) is 5.69 Å². The van der Waals surface area contributed by atoms with E-state index in [4.69, 9.17) is 0 Å². The van der Waals surface area contributed by atoms with Crippen LogP contribution in [-0.2, 0) is 6.42 Å². The van der Waals surface area contributed by atoms with Crippen molar-refractivity contribution in [1.29, 1.82) is 0 Å². The molecule has 1 aromatic carbocycles. The van der Waals surface area contributed by atoms with Crippen LogP contribution in [-0.4, -0.2) is 25.8 Å². The van der Waals surface area contributed by atoms with Gasteiger partial charge in [0.1, 0.15) is 5.56 Å². The first-order valence-corrected chi connectivity index (χ1v) is 6.45. The zero-order chi connectivity index (χ0) is 15.6. The monoisotopic (exact) mass is 289 g/mol. The Kier molecular flexibility index (Phi) is 4.02. The summed E-state index contributed by atoms with van der Waals surface area (Å²) in [6.07, 6.45) is 1.79. The Labute approximate surface area is 121 Å². The molecule has 1 aromatic heterocycles. The number of carboxylic acids is 1. The summed E-state index contributed by atoms with van der Waals surface area (Å²) in [7, 11) is 0. The normalized spacial score (nSPS) is 10.8. The van der Waals surface area contributed by atoms with Gasteiger partial charge in [0.05, 0.1) is 22.5 Å². The molecule has 0 amide bonds. The number of carboxylic acid groups (broad SMARTS) is 1. The van der Waals surface area contributed by atoms with Gasteiger partial charge in [0.2, 0.25) is 0 Å². The molecule has 0 aliphatic rings. The molecule has 2 aromatic rings. The second-order valence-electron chi connectivity index (χ2n) is 5.10. The molecule has 0 aliphatic carbocycles. The van der Waals surface area contributed by atoms with Crippen molar-refractivity contribution in [1.82, 2.24) is 9.78 Å².